The van der Waals surface area contributed by atoms with Crippen molar-refractivity contribution in [3.8, 4) is 5.75 Å². The zero-order valence-electron chi connectivity index (χ0n) is 10.4. The van der Waals surface area contributed by atoms with E-state index in [2.05, 4.69) is 4.98 Å². The van der Waals surface area contributed by atoms with Gasteiger partial charge in [-0.3, -0.25) is 4.79 Å². The number of nitrogens with one attached hydrogen (secondary N) is 1. The number of rotatable bonds is 3. The fraction of sp³-hybridized carbons (Fsp3) is 0.231. The number of aromatic amines is 1. The van der Waals surface area contributed by atoms with Crippen molar-refractivity contribution in [2.45, 2.75) is 13.3 Å². The van der Waals surface area contributed by atoms with Crippen molar-refractivity contribution in [2.75, 3.05) is 7.11 Å². The fourth-order valence-electron chi connectivity index (χ4n) is 2.17. The molecule has 0 unspecified atom stereocenters. The Morgan fingerprint density at radius 3 is 2.68 bits per heavy atom. The molecule has 2 N–H and O–H groups in total. The smallest absolute Gasteiger partial charge is 0.341 e. The van der Waals surface area contributed by atoms with Gasteiger partial charge in [0, 0.05) is 5.39 Å². The maximum absolute atomic E-state index is 11.9. The summed E-state index contributed by atoms with van der Waals surface area (Å²) < 4.78 is 5.23. The molecule has 0 aliphatic carbocycles. The largest absolute Gasteiger partial charge is 0.496 e. The van der Waals surface area contributed by atoms with Gasteiger partial charge in [-0.1, -0.05) is 18.5 Å². The van der Waals surface area contributed by atoms with Gasteiger partial charge in [0.15, 0.2) is 0 Å². The number of aromatic carboxylic acids is 1. The minimum Gasteiger partial charge on any atom is -0.496 e. The van der Waals surface area contributed by atoms with Gasteiger partial charge in [-0.15, -0.1) is 0 Å². The summed E-state index contributed by atoms with van der Waals surface area (Å²) in [5.74, 6) is -0.781. The summed E-state index contributed by atoms with van der Waals surface area (Å²) in [5, 5.41) is 10.1. The van der Waals surface area contributed by atoms with E-state index in [1.165, 1.54) is 7.11 Å². The van der Waals surface area contributed by atoms with Crippen molar-refractivity contribution in [2.24, 2.45) is 0 Å². The normalized spacial score (nSPS) is 10.7. The number of carbonyl (C=O) groups is 1. The van der Waals surface area contributed by atoms with Crippen LogP contribution < -0.4 is 10.3 Å². The second-order valence-corrected chi connectivity index (χ2v) is 4.37. The molecule has 0 fully saturated rings. The van der Waals surface area contributed by atoms with E-state index in [0.29, 0.717) is 33.7 Å². The first-order chi connectivity index (χ1) is 9.01. The Morgan fingerprint density at radius 2 is 2.16 bits per heavy atom. The molecule has 19 heavy (non-hydrogen) atoms. The number of carboxylic acids is 1. The van der Waals surface area contributed by atoms with Gasteiger partial charge in [0.25, 0.3) is 5.56 Å². The van der Waals surface area contributed by atoms with Crippen LogP contribution in [0.5, 0.6) is 5.75 Å². The lowest BCUT2D eigenvalue weighted by atomic mass is 10.0. The maximum Gasteiger partial charge on any atom is 0.341 e. The highest BCUT2D eigenvalue weighted by molar-refractivity contribution is 6.35. The van der Waals surface area contributed by atoms with Gasteiger partial charge in [0.1, 0.15) is 11.3 Å². The zero-order valence-corrected chi connectivity index (χ0v) is 11.2. The Hall–Kier alpha value is -2.01. The van der Waals surface area contributed by atoms with Crippen LogP contribution in [0.4, 0.5) is 0 Å². The maximum atomic E-state index is 11.9. The summed E-state index contributed by atoms with van der Waals surface area (Å²) in [7, 11) is 1.48. The molecule has 5 nitrogen and oxygen atoms in total. The number of methoxy groups -OCH3 is 1. The molecule has 0 atom stereocenters. The van der Waals surface area contributed by atoms with E-state index < -0.39 is 11.5 Å². The Labute approximate surface area is 113 Å². The summed E-state index contributed by atoms with van der Waals surface area (Å²) in [4.78, 5) is 25.6. The van der Waals surface area contributed by atoms with E-state index in [0.717, 1.165) is 0 Å². The van der Waals surface area contributed by atoms with Crippen LogP contribution in [0.3, 0.4) is 0 Å². The summed E-state index contributed by atoms with van der Waals surface area (Å²) >= 11 is 6.05. The van der Waals surface area contributed by atoms with Gasteiger partial charge >= 0.3 is 5.97 Å². The lowest BCUT2D eigenvalue weighted by Crippen LogP contribution is -2.21. The van der Waals surface area contributed by atoms with Crippen molar-refractivity contribution in [1.29, 1.82) is 0 Å². The van der Waals surface area contributed by atoms with Crippen LogP contribution in [0.1, 0.15) is 22.8 Å². The number of aryl methyl sites for hydroxylation is 1. The number of benzene rings is 1. The number of pyridine rings is 1. The SMILES string of the molecule is CCc1c(C(=O)O)c(=O)[nH]c2c(Cl)ccc(OC)c12. The minimum absolute atomic E-state index is 0.268. The number of hydrogen-bond acceptors (Lipinski definition) is 3. The third-order valence-corrected chi connectivity index (χ3v) is 3.29. The van der Waals surface area contributed by atoms with Crippen molar-refractivity contribution in [1.82, 2.24) is 4.98 Å². The molecule has 2 aromatic rings. The Balaban J connectivity index is 3.07. The van der Waals surface area contributed by atoms with Crippen molar-refractivity contribution in [3.05, 3.63) is 38.6 Å². The molecule has 0 aliphatic rings. The lowest BCUT2D eigenvalue weighted by molar-refractivity contribution is 0.0694. The second kappa shape index (κ2) is 4.93. The molecule has 0 amide bonds. The summed E-state index contributed by atoms with van der Waals surface area (Å²) in [6.07, 6.45) is 0.388. The summed E-state index contributed by atoms with van der Waals surface area (Å²) in [6, 6.07) is 3.24. The number of carboxylic acid groups (broad SMARTS) is 1. The highest BCUT2D eigenvalue weighted by Gasteiger charge is 2.20. The fourth-order valence-corrected chi connectivity index (χ4v) is 2.37. The van der Waals surface area contributed by atoms with Gasteiger partial charge in [-0.25, -0.2) is 4.79 Å². The molecule has 0 aliphatic heterocycles. The predicted molar refractivity (Wildman–Crippen MR) is 72.5 cm³/mol. The molecule has 1 aromatic heterocycles. The molecule has 1 aromatic carbocycles. The van der Waals surface area contributed by atoms with Gasteiger partial charge in [0.2, 0.25) is 0 Å². The lowest BCUT2D eigenvalue weighted by Gasteiger charge is -2.12. The van der Waals surface area contributed by atoms with Gasteiger partial charge in [-0.2, -0.15) is 0 Å². The number of ether oxygens (including phenoxy) is 1. The minimum atomic E-state index is -1.26. The van der Waals surface area contributed by atoms with Gasteiger partial charge < -0.3 is 14.8 Å². The molecule has 2 rings (SSSR count). The van der Waals surface area contributed by atoms with Gasteiger partial charge in [0.05, 0.1) is 17.6 Å². The van der Waals surface area contributed by atoms with E-state index in [1.54, 1.807) is 19.1 Å². The third-order valence-electron chi connectivity index (χ3n) is 2.97. The first-order valence-electron chi connectivity index (χ1n) is 5.65. The first kappa shape index (κ1) is 13.4. The molecular weight excluding hydrogens is 270 g/mol. The molecule has 0 saturated heterocycles. The number of fused-ring (bicyclic) bond motifs is 1. The number of hydrogen-bond donors (Lipinski definition) is 2. The van der Waals surface area contributed by atoms with Crippen molar-refractivity contribution in [3.63, 3.8) is 0 Å². The van der Waals surface area contributed by atoms with E-state index in [9.17, 15) is 14.7 Å². The molecular formula is C13H12ClNO4. The van der Waals surface area contributed by atoms with Crippen LogP contribution in [-0.4, -0.2) is 23.2 Å². The molecule has 6 heteroatoms. The number of aromatic nitrogens is 1. The highest BCUT2D eigenvalue weighted by atomic mass is 35.5. The molecule has 1 heterocycles. The highest BCUT2D eigenvalue weighted by Crippen LogP contribution is 2.33. The monoisotopic (exact) mass is 281 g/mol. The van der Waals surface area contributed by atoms with E-state index in [4.69, 9.17) is 16.3 Å². The Bertz CT molecular complexity index is 721. The Morgan fingerprint density at radius 1 is 1.47 bits per heavy atom. The second-order valence-electron chi connectivity index (χ2n) is 3.97. The summed E-state index contributed by atoms with van der Waals surface area (Å²) in [6.45, 7) is 1.78. The van der Waals surface area contributed by atoms with Crippen LogP contribution in [0.15, 0.2) is 16.9 Å². The topological polar surface area (TPSA) is 79.4 Å². The van der Waals surface area contributed by atoms with Crippen molar-refractivity contribution < 1.29 is 14.6 Å². The third kappa shape index (κ3) is 2.06. The van der Waals surface area contributed by atoms with Crippen LogP contribution in [0.2, 0.25) is 5.02 Å². The Kier molecular flexibility index (Phi) is 3.48. The van der Waals surface area contributed by atoms with Crippen molar-refractivity contribution >= 4 is 28.5 Å². The van der Waals surface area contributed by atoms with Crippen LogP contribution in [0.25, 0.3) is 10.9 Å². The van der Waals surface area contributed by atoms with E-state index in [1.807, 2.05) is 0 Å². The molecule has 0 bridgehead atoms. The van der Waals surface area contributed by atoms with Gasteiger partial charge in [-0.05, 0) is 24.1 Å². The van der Waals surface area contributed by atoms with Crippen LogP contribution in [0, 0.1) is 0 Å². The number of H-pyrrole nitrogens is 1. The molecule has 0 saturated carbocycles. The number of halogens is 1. The average Bonchev–Trinajstić information content (AvgIpc) is 2.38. The summed E-state index contributed by atoms with van der Waals surface area (Å²) in [5.41, 5.74) is -0.110. The zero-order chi connectivity index (χ0) is 14.2. The molecule has 100 valence electrons. The van der Waals surface area contributed by atoms with Crippen LogP contribution >= 0.6 is 11.6 Å². The predicted octanol–water partition coefficient (Wildman–Crippen LogP) is 2.45. The van der Waals surface area contributed by atoms with E-state index in [-0.39, 0.29) is 5.56 Å². The molecule has 0 radical (unpaired) electrons. The standard InChI is InChI=1S/C13H12ClNO4/c1-3-6-9-8(19-2)5-4-7(14)11(9)15-12(16)10(6)13(17)18/h4-5H,3H2,1-2H3,(H,15,16)(H,17,18). The average molecular weight is 282 g/mol. The first-order valence-corrected chi connectivity index (χ1v) is 6.03. The quantitative estimate of drug-likeness (QED) is 0.906. The van der Waals surface area contributed by atoms with E-state index >= 15 is 0 Å². The molecule has 0 spiro atoms. The van der Waals surface area contributed by atoms with Crippen LogP contribution in [-0.2, 0) is 6.42 Å².